The topological polar surface area (TPSA) is 20.2 Å². The third-order valence-electron chi connectivity index (χ3n) is 7.72. The standard InChI is InChI=1S/C25H38S2.2CH3F.CH4O/c26-27-18-25-23(20-12-6-2-7-13-20)16-22(19-10-4-1-5-11-19)17-24(25)21-14-8-3-9-15-21;3*1-2/h16-17,19-21,26H,1-15,18H2;2*1H3;2H,1H3. The molecule has 0 heterocycles. The lowest BCUT2D eigenvalue weighted by Crippen LogP contribution is -2.15. The van der Waals surface area contributed by atoms with Crippen molar-refractivity contribution in [3.8, 4) is 0 Å². The molecule has 1 aromatic rings. The van der Waals surface area contributed by atoms with Gasteiger partial charge in [-0.25, -0.2) is 0 Å². The molecule has 0 saturated heterocycles. The second kappa shape index (κ2) is 19.0. The lowest BCUT2D eigenvalue weighted by molar-refractivity contribution is 0.399. The Morgan fingerprint density at radius 1 is 0.667 bits per heavy atom. The first-order chi connectivity index (χ1) is 16.4. The van der Waals surface area contributed by atoms with Gasteiger partial charge in [0.2, 0.25) is 0 Å². The van der Waals surface area contributed by atoms with Crippen LogP contribution < -0.4 is 0 Å². The second-order valence-electron chi connectivity index (χ2n) is 9.46. The number of rotatable bonds is 5. The molecule has 33 heavy (non-hydrogen) atoms. The van der Waals surface area contributed by atoms with E-state index in [1.165, 1.54) is 96.3 Å². The summed E-state index contributed by atoms with van der Waals surface area (Å²) >= 11 is 4.60. The van der Waals surface area contributed by atoms with Gasteiger partial charge in [0.25, 0.3) is 0 Å². The lowest BCUT2D eigenvalue weighted by Gasteiger charge is -2.32. The summed E-state index contributed by atoms with van der Waals surface area (Å²) in [6.45, 7) is 0. The molecular weight excluding hydrogens is 454 g/mol. The quantitative estimate of drug-likeness (QED) is 0.309. The maximum absolute atomic E-state index is 9.50. The summed E-state index contributed by atoms with van der Waals surface area (Å²) in [6.07, 6.45) is 21.5. The third-order valence-corrected chi connectivity index (χ3v) is 8.52. The fourth-order valence-electron chi connectivity index (χ4n) is 6.20. The van der Waals surface area contributed by atoms with Gasteiger partial charge in [0.1, 0.15) is 0 Å². The van der Waals surface area contributed by atoms with Crippen molar-refractivity contribution in [2.75, 3.05) is 21.5 Å². The van der Waals surface area contributed by atoms with Crippen molar-refractivity contribution in [3.05, 3.63) is 34.4 Å². The van der Waals surface area contributed by atoms with Crippen LogP contribution in [0.1, 0.15) is 136 Å². The van der Waals surface area contributed by atoms with Gasteiger partial charge in [0.15, 0.2) is 0 Å². The summed E-state index contributed by atoms with van der Waals surface area (Å²) in [5.74, 6) is 3.58. The molecule has 0 radical (unpaired) electrons. The summed E-state index contributed by atoms with van der Waals surface area (Å²) in [4.78, 5) is 0. The highest BCUT2D eigenvalue weighted by atomic mass is 33.1. The first-order valence-electron chi connectivity index (χ1n) is 13.0. The number of thiol groups is 1. The van der Waals surface area contributed by atoms with E-state index in [9.17, 15) is 8.78 Å². The molecule has 0 spiro atoms. The Balaban J connectivity index is 0.000000841. The molecule has 3 aliphatic rings. The van der Waals surface area contributed by atoms with Crippen LogP contribution in [-0.2, 0) is 5.75 Å². The van der Waals surface area contributed by atoms with Crippen LogP contribution >= 0.6 is 22.5 Å². The van der Waals surface area contributed by atoms with Crippen molar-refractivity contribution in [1.29, 1.82) is 0 Å². The number of alkyl halides is 2. The van der Waals surface area contributed by atoms with Crippen molar-refractivity contribution >= 4 is 22.5 Å². The Hall–Kier alpha value is -0.260. The Bertz CT molecular complexity index is 569. The van der Waals surface area contributed by atoms with Crippen LogP contribution in [0.5, 0.6) is 0 Å². The van der Waals surface area contributed by atoms with Gasteiger partial charge in [-0.3, -0.25) is 8.78 Å². The average Bonchev–Trinajstić information content (AvgIpc) is 2.94. The summed E-state index contributed by atoms with van der Waals surface area (Å²) in [7, 11) is 3.75. The van der Waals surface area contributed by atoms with Crippen molar-refractivity contribution in [2.45, 2.75) is 120 Å². The highest BCUT2D eigenvalue weighted by Gasteiger charge is 2.27. The summed E-state index contributed by atoms with van der Waals surface area (Å²) in [5, 5.41) is 7.00. The van der Waals surface area contributed by atoms with Crippen molar-refractivity contribution in [2.24, 2.45) is 0 Å². The predicted octanol–water partition coefficient (Wildman–Crippen LogP) is 9.69. The molecule has 3 saturated carbocycles. The summed E-state index contributed by atoms with van der Waals surface area (Å²) in [5.41, 5.74) is 6.91. The predicted molar refractivity (Wildman–Crippen MR) is 146 cm³/mol. The Labute approximate surface area is 211 Å². The van der Waals surface area contributed by atoms with E-state index in [1.807, 2.05) is 0 Å². The van der Waals surface area contributed by atoms with E-state index in [1.54, 1.807) is 33.0 Å². The molecule has 0 bridgehead atoms. The number of aliphatic hydroxyl groups excluding tert-OH is 1. The largest absolute Gasteiger partial charge is 0.400 e. The number of benzene rings is 1. The Morgan fingerprint density at radius 2 is 1.00 bits per heavy atom. The molecule has 0 amide bonds. The molecule has 3 aliphatic carbocycles. The number of hydrogen-bond acceptors (Lipinski definition) is 3. The lowest BCUT2D eigenvalue weighted by atomic mass is 9.74. The van der Waals surface area contributed by atoms with Crippen LogP contribution in [0.2, 0.25) is 0 Å². The molecule has 0 aliphatic heterocycles. The molecular formula is C28H48F2OS2. The minimum atomic E-state index is 0.500. The minimum Gasteiger partial charge on any atom is -0.400 e. The molecule has 1 nitrogen and oxygen atoms in total. The molecule has 0 atom stereocenters. The zero-order valence-corrected chi connectivity index (χ0v) is 23.0. The highest BCUT2D eigenvalue weighted by molar-refractivity contribution is 8.68. The highest BCUT2D eigenvalue weighted by Crippen LogP contribution is 2.45. The van der Waals surface area contributed by atoms with Gasteiger partial charge in [-0.1, -0.05) is 80.7 Å². The fraction of sp³-hybridized carbons (Fsp3) is 0.786. The first kappa shape index (κ1) is 30.8. The molecule has 1 N–H and O–H groups in total. The van der Waals surface area contributed by atoms with Gasteiger partial charge < -0.3 is 5.11 Å². The number of hydrogen-bond donors (Lipinski definition) is 2. The van der Waals surface area contributed by atoms with Crippen LogP contribution in [0.4, 0.5) is 8.78 Å². The molecule has 0 aromatic heterocycles. The summed E-state index contributed by atoms with van der Waals surface area (Å²) < 4.78 is 19.0. The molecule has 3 fully saturated rings. The molecule has 0 unspecified atom stereocenters. The van der Waals surface area contributed by atoms with Gasteiger partial charge in [-0.15, -0.1) is 11.7 Å². The van der Waals surface area contributed by atoms with E-state index in [2.05, 4.69) is 23.8 Å². The normalized spacial score (nSPS) is 19.8. The number of aliphatic hydroxyl groups is 1. The molecule has 5 heteroatoms. The average molecular weight is 503 g/mol. The van der Waals surface area contributed by atoms with E-state index in [0.717, 1.165) is 30.6 Å². The van der Waals surface area contributed by atoms with Crippen LogP contribution in [0, 0.1) is 0 Å². The van der Waals surface area contributed by atoms with Crippen LogP contribution in [0.3, 0.4) is 0 Å². The fourth-order valence-corrected chi connectivity index (χ4v) is 7.05. The zero-order valence-electron chi connectivity index (χ0n) is 21.3. The van der Waals surface area contributed by atoms with Gasteiger partial charge in [0, 0.05) is 12.9 Å². The van der Waals surface area contributed by atoms with E-state index in [0.29, 0.717) is 14.4 Å². The van der Waals surface area contributed by atoms with Gasteiger partial charge in [-0.2, -0.15) is 0 Å². The van der Waals surface area contributed by atoms with Gasteiger partial charge >= 0.3 is 0 Å². The molecule has 4 rings (SSSR count). The van der Waals surface area contributed by atoms with Crippen LogP contribution in [-0.4, -0.2) is 26.6 Å². The van der Waals surface area contributed by atoms with Crippen molar-refractivity contribution in [1.82, 2.24) is 0 Å². The maximum Gasteiger partial charge on any atom is 0.0785 e. The summed E-state index contributed by atoms with van der Waals surface area (Å²) in [6, 6.07) is 5.38. The zero-order chi connectivity index (χ0) is 24.5. The van der Waals surface area contributed by atoms with E-state index in [-0.39, 0.29) is 0 Å². The van der Waals surface area contributed by atoms with E-state index in [4.69, 9.17) is 5.11 Å². The first-order valence-corrected chi connectivity index (χ1v) is 15.0. The minimum absolute atomic E-state index is 0.500. The Kier molecular flexibility index (Phi) is 17.7. The molecule has 192 valence electrons. The van der Waals surface area contributed by atoms with Gasteiger partial charge in [0.05, 0.1) is 14.4 Å². The van der Waals surface area contributed by atoms with Crippen LogP contribution in [0.25, 0.3) is 0 Å². The third kappa shape index (κ3) is 9.37. The van der Waals surface area contributed by atoms with Crippen molar-refractivity contribution < 1.29 is 13.9 Å². The van der Waals surface area contributed by atoms with Crippen LogP contribution in [0.15, 0.2) is 12.1 Å². The maximum atomic E-state index is 9.50. The second-order valence-corrected chi connectivity index (χ2v) is 10.8. The Morgan fingerprint density at radius 3 is 1.33 bits per heavy atom. The van der Waals surface area contributed by atoms with Gasteiger partial charge in [-0.05, 0) is 78.5 Å². The molecule has 1 aromatic carbocycles. The SMILES string of the molecule is CF.CF.CO.SSCc1c(C2CCCCC2)cc(C2CCCCC2)cc1C1CCCCC1. The van der Waals surface area contributed by atoms with Crippen molar-refractivity contribution in [3.63, 3.8) is 0 Å². The monoisotopic (exact) mass is 502 g/mol. The smallest absolute Gasteiger partial charge is 0.0785 e. The van der Waals surface area contributed by atoms with E-state index >= 15 is 0 Å². The van der Waals surface area contributed by atoms with E-state index < -0.39 is 0 Å². The number of halogens is 2.